The van der Waals surface area contributed by atoms with E-state index in [2.05, 4.69) is 15.9 Å². The lowest BCUT2D eigenvalue weighted by molar-refractivity contribution is 0.265. The van der Waals surface area contributed by atoms with Crippen molar-refractivity contribution in [2.75, 3.05) is 13.2 Å². The second-order valence-electron chi connectivity index (χ2n) is 4.10. The van der Waals surface area contributed by atoms with Crippen molar-refractivity contribution in [1.82, 2.24) is 0 Å². The van der Waals surface area contributed by atoms with Gasteiger partial charge in [0.05, 0.1) is 6.61 Å². The Morgan fingerprint density at radius 2 is 2.12 bits per heavy atom. The second kappa shape index (κ2) is 7.69. The van der Waals surface area contributed by atoms with E-state index in [1.807, 2.05) is 25.1 Å². The molecule has 96 valence electrons. The van der Waals surface area contributed by atoms with Crippen LogP contribution in [-0.4, -0.2) is 18.3 Å². The minimum Gasteiger partial charge on any atom is -0.493 e. The Bertz CT molecular complexity index is 342. The van der Waals surface area contributed by atoms with Gasteiger partial charge in [0.1, 0.15) is 5.75 Å². The van der Waals surface area contributed by atoms with E-state index in [1.165, 1.54) is 0 Å². The van der Waals surface area contributed by atoms with Gasteiger partial charge in [0.2, 0.25) is 0 Å². The minimum absolute atomic E-state index is 0.0417. The van der Waals surface area contributed by atoms with Gasteiger partial charge in [-0.3, -0.25) is 0 Å². The van der Waals surface area contributed by atoms with Crippen molar-refractivity contribution in [3.05, 3.63) is 28.2 Å². The Kier molecular flexibility index (Phi) is 6.55. The van der Waals surface area contributed by atoms with Gasteiger partial charge in [0.15, 0.2) is 0 Å². The van der Waals surface area contributed by atoms with Crippen LogP contribution < -0.4 is 10.5 Å². The molecule has 0 fully saturated rings. The fourth-order valence-corrected chi connectivity index (χ4v) is 1.96. The molecule has 17 heavy (non-hydrogen) atoms. The predicted molar refractivity (Wildman–Crippen MR) is 73.2 cm³/mol. The average Bonchev–Trinajstić information content (AvgIpc) is 2.30. The highest BCUT2D eigenvalue weighted by atomic mass is 79.9. The Labute approximate surface area is 111 Å². The molecule has 3 nitrogen and oxygen atoms in total. The fraction of sp³-hybridized carbons (Fsp3) is 0.538. The van der Waals surface area contributed by atoms with Crippen LogP contribution in [0.25, 0.3) is 0 Å². The van der Waals surface area contributed by atoms with Crippen molar-refractivity contribution in [1.29, 1.82) is 0 Å². The summed E-state index contributed by atoms with van der Waals surface area (Å²) in [6.45, 7) is 2.87. The maximum atomic E-state index is 8.67. The van der Waals surface area contributed by atoms with Crippen LogP contribution >= 0.6 is 15.9 Å². The number of halogens is 1. The normalized spacial score (nSPS) is 12.5. The number of aliphatic hydroxyl groups is 1. The molecule has 0 spiro atoms. The van der Waals surface area contributed by atoms with Crippen LogP contribution in [0.3, 0.4) is 0 Å². The third-order valence-electron chi connectivity index (χ3n) is 2.52. The van der Waals surface area contributed by atoms with Gasteiger partial charge in [0, 0.05) is 22.7 Å². The summed E-state index contributed by atoms with van der Waals surface area (Å²) in [6.07, 6.45) is 2.78. The van der Waals surface area contributed by atoms with Gasteiger partial charge in [-0.15, -0.1) is 0 Å². The van der Waals surface area contributed by atoms with Crippen LogP contribution in [0.1, 0.15) is 37.8 Å². The smallest absolute Gasteiger partial charge is 0.124 e. The molecule has 1 rings (SSSR count). The first-order valence-corrected chi connectivity index (χ1v) is 6.73. The number of ether oxygens (including phenoxy) is 1. The summed E-state index contributed by atoms with van der Waals surface area (Å²) >= 11 is 3.43. The quantitative estimate of drug-likeness (QED) is 0.761. The highest BCUT2D eigenvalue weighted by molar-refractivity contribution is 9.10. The van der Waals surface area contributed by atoms with E-state index in [1.54, 1.807) is 0 Å². The average molecular weight is 302 g/mol. The minimum atomic E-state index is -0.0417. The molecule has 0 bridgehead atoms. The third-order valence-corrected chi connectivity index (χ3v) is 3.02. The summed E-state index contributed by atoms with van der Waals surface area (Å²) in [5.41, 5.74) is 6.92. The molecule has 0 saturated heterocycles. The lowest BCUT2D eigenvalue weighted by atomic mass is 10.1. The first-order chi connectivity index (χ1) is 8.15. The van der Waals surface area contributed by atoms with E-state index in [0.29, 0.717) is 6.61 Å². The predicted octanol–water partition coefficient (Wildman–Crippen LogP) is 3.01. The SMILES string of the molecule is CC(N)c1cc(Br)ccc1OCCCCCO. The third kappa shape index (κ3) is 5.06. The van der Waals surface area contributed by atoms with Crippen molar-refractivity contribution in [2.45, 2.75) is 32.2 Å². The molecule has 1 aromatic carbocycles. The van der Waals surface area contributed by atoms with Crippen molar-refractivity contribution in [2.24, 2.45) is 5.73 Å². The standard InChI is InChI=1S/C13H20BrNO2/c1-10(15)12-9-11(14)5-6-13(12)17-8-4-2-3-7-16/h5-6,9-10,16H,2-4,7-8,15H2,1H3. The lowest BCUT2D eigenvalue weighted by Crippen LogP contribution is -2.08. The molecule has 0 saturated carbocycles. The van der Waals surface area contributed by atoms with E-state index in [-0.39, 0.29) is 12.6 Å². The van der Waals surface area contributed by atoms with Gasteiger partial charge in [-0.2, -0.15) is 0 Å². The zero-order valence-electron chi connectivity index (χ0n) is 10.2. The van der Waals surface area contributed by atoms with E-state index in [0.717, 1.165) is 35.0 Å². The molecule has 0 heterocycles. The van der Waals surface area contributed by atoms with E-state index in [4.69, 9.17) is 15.6 Å². The number of rotatable bonds is 7. The largest absolute Gasteiger partial charge is 0.493 e. The molecule has 0 aromatic heterocycles. The van der Waals surface area contributed by atoms with Crippen molar-refractivity contribution in [3.63, 3.8) is 0 Å². The van der Waals surface area contributed by atoms with Gasteiger partial charge < -0.3 is 15.6 Å². The van der Waals surface area contributed by atoms with Crippen LogP contribution in [0.2, 0.25) is 0 Å². The number of benzene rings is 1. The fourth-order valence-electron chi connectivity index (χ4n) is 1.58. The van der Waals surface area contributed by atoms with Crippen molar-refractivity contribution >= 4 is 15.9 Å². The van der Waals surface area contributed by atoms with Crippen LogP contribution in [-0.2, 0) is 0 Å². The zero-order chi connectivity index (χ0) is 12.7. The first kappa shape index (κ1) is 14.5. The zero-order valence-corrected chi connectivity index (χ0v) is 11.7. The van der Waals surface area contributed by atoms with E-state index in [9.17, 15) is 0 Å². The Hall–Kier alpha value is -0.580. The molecule has 0 amide bonds. The number of hydrogen-bond acceptors (Lipinski definition) is 3. The Morgan fingerprint density at radius 3 is 2.76 bits per heavy atom. The van der Waals surface area contributed by atoms with Gasteiger partial charge in [-0.05, 0) is 44.4 Å². The Balaban J connectivity index is 2.52. The summed E-state index contributed by atoms with van der Waals surface area (Å²) < 4.78 is 6.73. The molecule has 3 N–H and O–H groups in total. The summed E-state index contributed by atoms with van der Waals surface area (Å²) in [6, 6.07) is 5.84. The molecule has 1 atom stereocenters. The highest BCUT2D eigenvalue weighted by Crippen LogP contribution is 2.27. The maximum Gasteiger partial charge on any atom is 0.124 e. The molecule has 0 radical (unpaired) electrons. The molecule has 0 aliphatic carbocycles. The molecule has 4 heteroatoms. The van der Waals surface area contributed by atoms with Crippen LogP contribution in [0.15, 0.2) is 22.7 Å². The molecule has 1 aromatic rings. The molecular formula is C13H20BrNO2. The highest BCUT2D eigenvalue weighted by Gasteiger charge is 2.08. The van der Waals surface area contributed by atoms with E-state index < -0.39 is 0 Å². The number of aliphatic hydroxyl groups excluding tert-OH is 1. The van der Waals surface area contributed by atoms with Gasteiger partial charge in [-0.25, -0.2) is 0 Å². The summed E-state index contributed by atoms with van der Waals surface area (Å²) in [5.74, 6) is 0.854. The van der Waals surface area contributed by atoms with Gasteiger partial charge >= 0.3 is 0 Å². The molecular weight excluding hydrogens is 282 g/mol. The molecule has 0 aliphatic rings. The topological polar surface area (TPSA) is 55.5 Å². The summed E-state index contributed by atoms with van der Waals surface area (Å²) in [7, 11) is 0. The van der Waals surface area contributed by atoms with E-state index >= 15 is 0 Å². The van der Waals surface area contributed by atoms with Crippen molar-refractivity contribution < 1.29 is 9.84 Å². The lowest BCUT2D eigenvalue weighted by Gasteiger charge is -2.14. The van der Waals surface area contributed by atoms with Crippen LogP contribution in [0.5, 0.6) is 5.75 Å². The van der Waals surface area contributed by atoms with Crippen LogP contribution in [0.4, 0.5) is 0 Å². The number of nitrogens with two attached hydrogens (primary N) is 1. The first-order valence-electron chi connectivity index (χ1n) is 5.94. The number of hydrogen-bond donors (Lipinski definition) is 2. The van der Waals surface area contributed by atoms with Crippen LogP contribution in [0, 0.1) is 0 Å². The summed E-state index contributed by atoms with van der Waals surface area (Å²) in [5, 5.41) is 8.67. The van der Waals surface area contributed by atoms with Gasteiger partial charge in [0.25, 0.3) is 0 Å². The monoisotopic (exact) mass is 301 g/mol. The van der Waals surface area contributed by atoms with Crippen molar-refractivity contribution in [3.8, 4) is 5.75 Å². The molecule has 0 aliphatic heterocycles. The summed E-state index contributed by atoms with van der Waals surface area (Å²) in [4.78, 5) is 0. The number of unbranched alkanes of at least 4 members (excludes halogenated alkanes) is 2. The molecule has 1 unspecified atom stereocenters. The second-order valence-corrected chi connectivity index (χ2v) is 5.02. The maximum absolute atomic E-state index is 8.67. The Morgan fingerprint density at radius 1 is 1.35 bits per heavy atom. The van der Waals surface area contributed by atoms with Gasteiger partial charge in [-0.1, -0.05) is 15.9 Å².